The number of hydrogen-bond donors (Lipinski definition) is 4. The fraction of sp³-hybridized carbons (Fsp3) is 0.500. The van der Waals surface area contributed by atoms with Crippen LogP contribution in [0.5, 0.6) is 0 Å². The molecule has 0 unspecified atom stereocenters. The third kappa shape index (κ3) is 3.20. The van der Waals surface area contributed by atoms with Crippen LogP contribution in [0.25, 0.3) is 0 Å². The van der Waals surface area contributed by atoms with Crippen molar-refractivity contribution in [3.8, 4) is 0 Å². The second-order valence-electron chi connectivity index (χ2n) is 8.88. The number of nitrogens with zero attached hydrogens (tertiary/aromatic N) is 3. The van der Waals surface area contributed by atoms with Crippen LogP contribution in [0.15, 0.2) is 33.8 Å². The summed E-state index contributed by atoms with van der Waals surface area (Å²) in [5, 5.41) is 23.4. The lowest BCUT2D eigenvalue weighted by Gasteiger charge is -2.46. The zero-order chi connectivity index (χ0) is 22.7. The Morgan fingerprint density at radius 2 is 2.16 bits per heavy atom. The third-order valence-electron chi connectivity index (χ3n) is 6.81. The molecule has 0 saturated carbocycles. The Morgan fingerprint density at radius 3 is 2.81 bits per heavy atom. The van der Waals surface area contributed by atoms with E-state index in [0.29, 0.717) is 13.1 Å². The molecule has 0 aliphatic carbocycles. The van der Waals surface area contributed by atoms with Crippen LogP contribution in [0.3, 0.4) is 0 Å². The first-order valence-corrected chi connectivity index (χ1v) is 11.7. The Kier molecular flexibility index (Phi) is 5.18. The number of carbonyl (C=O) groups is 2. The molecule has 1 aromatic rings. The van der Waals surface area contributed by atoms with Gasteiger partial charge in [0.15, 0.2) is 5.96 Å². The molecule has 5 N–H and O–H groups in total. The van der Waals surface area contributed by atoms with E-state index in [4.69, 9.17) is 5.73 Å². The van der Waals surface area contributed by atoms with Gasteiger partial charge in [-0.2, -0.15) is 0 Å². The number of aliphatic carboxylic acids is 1. The molecule has 170 valence electrons. The Labute approximate surface area is 190 Å². The number of aliphatic hydroxyl groups is 1. The fourth-order valence-electron chi connectivity index (χ4n) is 5.05. The van der Waals surface area contributed by atoms with Gasteiger partial charge in [-0.1, -0.05) is 19.1 Å². The first kappa shape index (κ1) is 21.3. The molecule has 0 radical (unpaired) electrons. The van der Waals surface area contributed by atoms with Crippen molar-refractivity contribution in [2.75, 3.05) is 18.4 Å². The number of nitrogens with one attached hydrogen (secondary N) is 1. The van der Waals surface area contributed by atoms with Crippen LogP contribution in [-0.2, 0) is 22.7 Å². The third-order valence-corrected chi connectivity index (χ3v) is 8.26. The Balaban J connectivity index is 1.26. The van der Waals surface area contributed by atoms with Crippen LogP contribution in [0.4, 0.5) is 5.69 Å². The van der Waals surface area contributed by atoms with Crippen LogP contribution >= 0.6 is 11.8 Å². The number of hydrogen-bond acceptors (Lipinski definition) is 8. The molecule has 2 fully saturated rings. The van der Waals surface area contributed by atoms with Gasteiger partial charge in [-0.3, -0.25) is 4.79 Å². The highest BCUT2D eigenvalue weighted by Crippen LogP contribution is 2.52. The van der Waals surface area contributed by atoms with Crippen LogP contribution in [-0.4, -0.2) is 68.3 Å². The minimum atomic E-state index is -1.08. The number of carboxylic acid groups (broad SMARTS) is 1. The second-order valence-corrected chi connectivity index (χ2v) is 10.2. The fourth-order valence-corrected chi connectivity index (χ4v) is 6.57. The van der Waals surface area contributed by atoms with Crippen molar-refractivity contribution in [3.63, 3.8) is 0 Å². The molecule has 0 aromatic heterocycles. The maximum atomic E-state index is 12.5. The summed E-state index contributed by atoms with van der Waals surface area (Å²) in [6.45, 7) is 6.12. The van der Waals surface area contributed by atoms with Gasteiger partial charge >= 0.3 is 5.97 Å². The first-order chi connectivity index (χ1) is 15.3. The van der Waals surface area contributed by atoms with Crippen molar-refractivity contribution in [1.82, 2.24) is 9.80 Å². The number of nitrogens with two attached hydrogens (primary N) is 1. The van der Waals surface area contributed by atoms with Gasteiger partial charge in [0.05, 0.1) is 24.6 Å². The van der Waals surface area contributed by atoms with E-state index in [0.717, 1.165) is 40.8 Å². The molecule has 1 amide bonds. The summed E-state index contributed by atoms with van der Waals surface area (Å²) < 4.78 is 0. The van der Waals surface area contributed by atoms with Crippen molar-refractivity contribution in [1.29, 1.82) is 0 Å². The number of benzene rings is 1. The standard InChI is InChI=1S/C22H27N5O4S/c1-10-17-16(11(2)28)20(29)27(17)18(21(30)31)19(10)32-14-8-26(9-14)22-24-7-13-4-3-12(6-23)5-15(13)25-22/h3-5,10-11,14,16-17,28H,6-9,23H2,1-2H3,(H,24,25)(H,30,31)/t10-,11-,16-,17-/m1/s1. The summed E-state index contributed by atoms with van der Waals surface area (Å²) >= 11 is 1.54. The van der Waals surface area contributed by atoms with E-state index in [-0.39, 0.29) is 28.8 Å². The van der Waals surface area contributed by atoms with E-state index < -0.39 is 18.0 Å². The summed E-state index contributed by atoms with van der Waals surface area (Å²) in [6, 6.07) is 5.85. The summed E-state index contributed by atoms with van der Waals surface area (Å²) in [6.07, 6.45) is -0.789. The van der Waals surface area contributed by atoms with E-state index in [1.807, 2.05) is 19.1 Å². The Bertz CT molecular complexity index is 1050. The van der Waals surface area contributed by atoms with Crippen molar-refractivity contribution in [2.24, 2.45) is 22.6 Å². The molecule has 32 heavy (non-hydrogen) atoms. The quantitative estimate of drug-likeness (QED) is 0.482. The van der Waals surface area contributed by atoms with Gasteiger partial charge in [0, 0.05) is 41.4 Å². The molecule has 0 spiro atoms. The topological polar surface area (TPSA) is 131 Å². The van der Waals surface area contributed by atoms with Crippen molar-refractivity contribution >= 4 is 35.3 Å². The molecule has 0 bridgehead atoms. The number of aliphatic imine (C=N–C) groups is 1. The highest BCUT2D eigenvalue weighted by atomic mass is 32.2. The SMILES string of the molecule is C[C@@H](O)[C@H]1C(=O)N2C(C(=O)O)=C(SC3CN(C4=NCc5ccc(CN)cc5N4)C3)[C@H](C)[C@H]12. The number of rotatable bonds is 5. The van der Waals surface area contributed by atoms with E-state index >= 15 is 0 Å². The van der Waals surface area contributed by atoms with E-state index in [2.05, 4.69) is 21.3 Å². The zero-order valence-electron chi connectivity index (χ0n) is 18.0. The highest BCUT2D eigenvalue weighted by molar-refractivity contribution is 8.03. The lowest BCUT2D eigenvalue weighted by Crippen LogP contribution is -2.63. The Morgan fingerprint density at radius 1 is 1.41 bits per heavy atom. The number of fused-ring (bicyclic) bond motifs is 2. The Hall–Kier alpha value is -2.56. The van der Waals surface area contributed by atoms with Gasteiger partial charge < -0.3 is 31.1 Å². The predicted octanol–water partition coefficient (Wildman–Crippen LogP) is 0.998. The summed E-state index contributed by atoms with van der Waals surface area (Å²) in [7, 11) is 0. The number of β-lactam (4-membered cyclic amide) rings is 1. The molecule has 4 heterocycles. The van der Waals surface area contributed by atoms with E-state index in [1.54, 1.807) is 18.7 Å². The molecule has 10 heteroatoms. The maximum absolute atomic E-state index is 12.5. The molecular formula is C22H27N5O4S. The molecule has 9 nitrogen and oxygen atoms in total. The van der Waals surface area contributed by atoms with Gasteiger partial charge in [0.2, 0.25) is 5.91 Å². The number of anilines is 1. The smallest absolute Gasteiger partial charge is 0.353 e. The monoisotopic (exact) mass is 457 g/mol. The van der Waals surface area contributed by atoms with Crippen LogP contribution < -0.4 is 11.1 Å². The lowest BCUT2D eigenvalue weighted by atomic mass is 9.79. The van der Waals surface area contributed by atoms with Gasteiger partial charge in [-0.05, 0) is 24.1 Å². The van der Waals surface area contributed by atoms with Crippen molar-refractivity contribution in [2.45, 2.75) is 44.3 Å². The first-order valence-electron chi connectivity index (χ1n) is 10.8. The summed E-state index contributed by atoms with van der Waals surface area (Å²) in [5.74, 6) is -1.19. The number of thioether (sulfide) groups is 1. The van der Waals surface area contributed by atoms with Crippen LogP contribution in [0.1, 0.15) is 25.0 Å². The highest BCUT2D eigenvalue weighted by Gasteiger charge is 2.60. The molecule has 2 saturated heterocycles. The number of amides is 1. The molecule has 5 rings (SSSR count). The molecule has 1 aromatic carbocycles. The van der Waals surface area contributed by atoms with Crippen molar-refractivity contribution < 1.29 is 19.8 Å². The van der Waals surface area contributed by atoms with E-state index in [1.165, 1.54) is 4.90 Å². The van der Waals surface area contributed by atoms with Gasteiger partial charge in [-0.25, -0.2) is 9.79 Å². The average molecular weight is 458 g/mol. The molecular weight excluding hydrogens is 430 g/mol. The number of likely N-dealkylation sites (tertiary alicyclic amines) is 1. The zero-order valence-corrected chi connectivity index (χ0v) is 18.8. The minimum Gasteiger partial charge on any atom is -0.477 e. The largest absolute Gasteiger partial charge is 0.477 e. The summed E-state index contributed by atoms with van der Waals surface area (Å²) in [5.41, 5.74) is 9.07. The second kappa shape index (κ2) is 7.79. The number of guanidine groups is 1. The van der Waals surface area contributed by atoms with Crippen LogP contribution in [0, 0.1) is 11.8 Å². The predicted molar refractivity (Wildman–Crippen MR) is 122 cm³/mol. The number of aliphatic hydroxyl groups excluding tert-OH is 1. The lowest BCUT2D eigenvalue weighted by molar-refractivity contribution is -0.163. The normalized spacial score (nSPS) is 27.8. The van der Waals surface area contributed by atoms with Crippen LogP contribution in [0.2, 0.25) is 0 Å². The minimum absolute atomic E-state index is 0.0872. The van der Waals surface area contributed by atoms with Gasteiger partial charge in [0.1, 0.15) is 5.70 Å². The summed E-state index contributed by atoms with van der Waals surface area (Å²) in [4.78, 5) is 33.4. The van der Waals surface area contributed by atoms with Gasteiger partial charge in [-0.15, -0.1) is 11.8 Å². The van der Waals surface area contributed by atoms with E-state index in [9.17, 15) is 19.8 Å². The van der Waals surface area contributed by atoms with Gasteiger partial charge in [0.25, 0.3) is 0 Å². The average Bonchev–Trinajstić information content (AvgIpc) is 2.97. The molecule has 4 aliphatic rings. The van der Waals surface area contributed by atoms with Crippen molar-refractivity contribution in [3.05, 3.63) is 39.9 Å². The number of carboxylic acids is 1. The maximum Gasteiger partial charge on any atom is 0.353 e. The molecule has 4 aliphatic heterocycles. The number of carbonyl (C=O) groups excluding carboxylic acids is 1. The molecule has 4 atom stereocenters.